The van der Waals surface area contributed by atoms with Gasteiger partial charge in [0.05, 0.1) is 27.5 Å². The minimum atomic E-state index is 0.657. The van der Waals surface area contributed by atoms with Crippen LogP contribution < -0.4 is 4.74 Å². The fraction of sp³-hybridized carbons (Fsp3) is 0.190. The Labute approximate surface area is 161 Å². The molecule has 2 aromatic heterocycles. The van der Waals surface area contributed by atoms with Crippen LogP contribution in [-0.2, 0) is 6.54 Å². The van der Waals surface area contributed by atoms with Crippen LogP contribution in [0.2, 0.25) is 5.02 Å². The molecule has 0 amide bonds. The number of ether oxygens (including phenoxy) is 1. The van der Waals surface area contributed by atoms with Gasteiger partial charge in [0, 0.05) is 6.54 Å². The van der Waals surface area contributed by atoms with E-state index in [1.54, 1.807) is 11.3 Å². The highest BCUT2D eigenvalue weighted by atomic mass is 35.5. The van der Waals surface area contributed by atoms with E-state index in [4.69, 9.17) is 21.3 Å². The highest BCUT2D eigenvalue weighted by Gasteiger charge is 2.12. The molecule has 0 bridgehead atoms. The van der Waals surface area contributed by atoms with Crippen LogP contribution in [0, 0.1) is 0 Å². The molecule has 132 valence electrons. The quantitative estimate of drug-likeness (QED) is 0.352. The van der Waals surface area contributed by atoms with Crippen LogP contribution in [0.4, 0.5) is 0 Å². The van der Waals surface area contributed by atoms with Crippen LogP contribution in [0.1, 0.15) is 12.8 Å². The zero-order chi connectivity index (χ0) is 17.8. The molecule has 2 aromatic carbocycles. The lowest BCUT2D eigenvalue weighted by atomic mass is 10.3. The number of hydrogen-bond donors (Lipinski definition) is 0. The van der Waals surface area contributed by atoms with Gasteiger partial charge in [-0.25, -0.2) is 4.98 Å². The van der Waals surface area contributed by atoms with Crippen LogP contribution in [0.15, 0.2) is 66.0 Å². The Morgan fingerprint density at radius 2 is 1.81 bits per heavy atom. The van der Waals surface area contributed by atoms with Gasteiger partial charge in [-0.3, -0.25) is 0 Å². The Morgan fingerprint density at radius 1 is 0.962 bits per heavy atom. The molecule has 0 spiro atoms. The van der Waals surface area contributed by atoms with E-state index in [1.165, 1.54) is 10.4 Å². The second-order valence-corrected chi connectivity index (χ2v) is 7.39. The molecule has 0 aliphatic heterocycles. The molecule has 0 saturated carbocycles. The van der Waals surface area contributed by atoms with E-state index in [9.17, 15) is 0 Å². The summed E-state index contributed by atoms with van der Waals surface area (Å²) in [4.78, 5) is 6.04. The van der Waals surface area contributed by atoms with Gasteiger partial charge in [-0.1, -0.05) is 41.9 Å². The molecule has 0 saturated heterocycles. The Kier molecular flexibility index (Phi) is 5.23. The Bertz CT molecular complexity index is 994. The van der Waals surface area contributed by atoms with Gasteiger partial charge >= 0.3 is 0 Å². The average Bonchev–Trinajstić information content (AvgIpc) is 3.31. The second kappa shape index (κ2) is 7.94. The maximum Gasteiger partial charge on any atom is 0.151 e. The van der Waals surface area contributed by atoms with E-state index in [2.05, 4.69) is 40.3 Å². The molecule has 4 aromatic rings. The van der Waals surface area contributed by atoms with Gasteiger partial charge in [0.25, 0.3) is 0 Å². The molecule has 3 nitrogen and oxygen atoms in total. The molecule has 0 aliphatic carbocycles. The summed E-state index contributed by atoms with van der Waals surface area (Å²) in [5.74, 6) is 1.80. The lowest BCUT2D eigenvalue weighted by molar-refractivity contribution is 0.304. The number of aryl methyl sites for hydroxylation is 1. The van der Waals surface area contributed by atoms with Crippen LogP contribution in [0.25, 0.3) is 21.7 Å². The normalized spacial score (nSPS) is 11.1. The third-order valence-corrected chi connectivity index (χ3v) is 5.44. The number of para-hydroxylation sites is 3. The van der Waals surface area contributed by atoms with Gasteiger partial charge in [-0.05, 0) is 48.6 Å². The number of nitrogens with zero attached hydrogens (tertiary/aromatic N) is 2. The van der Waals surface area contributed by atoms with Gasteiger partial charge in [-0.2, -0.15) is 0 Å². The Balaban J connectivity index is 1.44. The fourth-order valence-corrected chi connectivity index (χ4v) is 3.92. The van der Waals surface area contributed by atoms with Crippen molar-refractivity contribution < 1.29 is 4.74 Å². The monoisotopic (exact) mass is 382 g/mol. The van der Waals surface area contributed by atoms with Crippen molar-refractivity contribution in [1.29, 1.82) is 0 Å². The van der Waals surface area contributed by atoms with Crippen molar-refractivity contribution in [3.05, 3.63) is 71.1 Å². The molecule has 0 fully saturated rings. The number of aromatic nitrogens is 2. The third kappa shape index (κ3) is 3.62. The highest BCUT2D eigenvalue weighted by molar-refractivity contribution is 7.13. The lowest BCUT2D eigenvalue weighted by Gasteiger charge is -2.10. The van der Waals surface area contributed by atoms with E-state index in [0.29, 0.717) is 11.6 Å². The highest BCUT2D eigenvalue weighted by Crippen LogP contribution is 2.28. The van der Waals surface area contributed by atoms with Crippen LogP contribution >= 0.6 is 22.9 Å². The summed E-state index contributed by atoms with van der Waals surface area (Å²) < 4.78 is 8.11. The Morgan fingerprint density at radius 3 is 2.65 bits per heavy atom. The van der Waals surface area contributed by atoms with Crippen molar-refractivity contribution in [2.45, 2.75) is 19.4 Å². The molecular formula is C21H19ClN2OS. The number of halogens is 1. The molecular weight excluding hydrogens is 364 g/mol. The van der Waals surface area contributed by atoms with E-state index < -0.39 is 0 Å². The first kappa shape index (κ1) is 17.1. The van der Waals surface area contributed by atoms with Crippen molar-refractivity contribution in [1.82, 2.24) is 9.55 Å². The van der Waals surface area contributed by atoms with E-state index in [0.717, 1.165) is 36.5 Å². The van der Waals surface area contributed by atoms with Gasteiger partial charge in [0.2, 0.25) is 0 Å². The molecule has 4 rings (SSSR count). The van der Waals surface area contributed by atoms with E-state index in [1.807, 2.05) is 30.3 Å². The molecule has 0 aliphatic rings. The van der Waals surface area contributed by atoms with Gasteiger partial charge in [0.1, 0.15) is 5.75 Å². The van der Waals surface area contributed by atoms with E-state index >= 15 is 0 Å². The maximum atomic E-state index is 6.13. The molecule has 0 atom stereocenters. The standard InChI is InChI=1S/C21H19ClN2OS/c22-16-8-1-4-11-19(16)25-14-6-5-13-24-18-10-3-2-9-17(18)23-21(24)20-12-7-15-26-20/h1-4,7-12,15H,5-6,13-14H2. The first-order chi connectivity index (χ1) is 12.8. The lowest BCUT2D eigenvalue weighted by Crippen LogP contribution is -2.03. The topological polar surface area (TPSA) is 27.1 Å². The summed E-state index contributed by atoms with van der Waals surface area (Å²) >= 11 is 7.85. The summed E-state index contributed by atoms with van der Waals surface area (Å²) in [6.45, 7) is 1.57. The van der Waals surface area contributed by atoms with Crippen LogP contribution in [0.5, 0.6) is 5.75 Å². The van der Waals surface area contributed by atoms with Crippen molar-refractivity contribution >= 4 is 34.0 Å². The summed E-state index contributed by atoms with van der Waals surface area (Å²) in [6.07, 6.45) is 1.98. The molecule has 0 N–H and O–H groups in total. The molecule has 2 heterocycles. The van der Waals surface area contributed by atoms with Crippen molar-refractivity contribution in [2.75, 3.05) is 6.61 Å². The molecule has 0 radical (unpaired) electrons. The number of imidazole rings is 1. The van der Waals surface area contributed by atoms with Crippen molar-refractivity contribution in [2.24, 2.45) is 0 Å². The number of rotatable bonds is 7. The number of unbranched alkanes of at least 4 members (excludes halogenated alkanes) is 1. The molecule has 0 unspecified atom stereocenters. The van der Waals surface area contributed by atoms with Gasteiger partial charge < -0.3 is 9.30 Å². The average molecular weight is 383 g/mol. The number of hydrogen-bond acceptors (Lipinski definition) is 3. The predicted molar refractivity (Wildman–Crippen MR) is 109 cm³/mol. The summed E-state index contributed by atoms with van der Waals surface area (Å²) in [5.41, 5.74) is 2.23. The minimum Gasteiger partial charge on any atom is -0.492 e. The first-order valence-electron chi connectivity index (χ1n) is 8.69. The van der Waals surface area contributed by atoms with Gasteiger partial charge in [0.15, 0.2) is 5.82 Å². The summed E-state index contributed by atoms with van der Waals surface area (Å²) in [7, 11) is 0. The first-order valence-corrected chi connectivity index (χ1v) is 9.95. The zero-order valence-electron chi connectivity index (χ0n) is 14.3. The molecule has 26 heavy (non-hydrogen) atoms. The third-order valence-electron chi connectivity index (χ3n) is 4.27. The van der Waals surface area contributed by atoms with Crippen molar-refractivity contribution in [3.8, 4) is 16.5 Å². The predicted octanol–water partition coefficient (Wildman–Crippen LogP) is 6.28. The number of fused-ring (bicyclic) bond motifs is 1. The fourth-order valence-electron chi connectivity index (χ4n) is 3.01. The largest absolute Gasteiger partial charge is 0.492 e. The maximum absolute atomic E-state index is 6.13. The van der Waals surface area contributed by atoms with Crippen LogP contribution in [0.3, 0.4) is 0 Å². The zero-order valence-corrected chi connectivity index (χ0v) is 15.8. The minimum absolute atomic E-state index is 0.657. The Hall–Kier alpha value is -2.30. The number of benzene rings is 2. The van der Waals surface area contributed by atoms with E-state index in [-0.39, 0.29) is 0 Å². The number of thiophene rings is 1. The second-order valence-electron chi connectivity index (χ2n) is 6.04. The van der Waals surface area contributed by atoms with Crippen molar-refractivity contribution in [3.63, 3.8) is 0 Å². The summed E-state index contributed by atoms with van der Waals surface area (Å²) in [5, 5.41) is 2.75. The SMILES string of the molecule is Clc1ccccc1OCCCCn1c(-c2cccs2)nc2ccccc21. The van der Waals surface area contributed by atoms with Crippen LogP contribution in [-0.4, -0.2) is 16.2 Å². The molecule has 5 heteroatoms. The van der Waals surface area contributed by atoms with Gasteiger partial charge in [-0.15, -0.1) is 11.3 Å². The smallest absolute Gasteiger partial charge is 0.151 e. The summed E-state index contributed by atoms with van der Waals surface area (Å²) in [6, 6.07) is 20.1.